The van der Waals surface area contributed by atoms with E-state index >= 15 is 0 Å². The molecular weight excluding hydrogens is 316 g/mol. The lowest BCUT2D eigenvalue weighted by atomic mass is 10.1. The molecule has 23 heavy (non-hydrogen) atoms. The molecule has 1 aromatic heterocycles. The highest BCUT2D eigenvalue weighted by atomic mass is 35.5. The number of halogens is 1. The minimum Gasteiger partial charge on any atom is -0.355 e. The Labute approximate surface area is 137 Å². The minimum atomic E-state index is -0.468. The van der Waals surface area contributed by atoms with Gasteiger partial charge in [0.05, 0.1) is 6.61 Å². The van der Waals surface area contributed by atoms with Gasteiger partial charge in [0, 0.05) is 16.7 Å². The molecule has 2 aromatic carbocycles. The average Bonchev–Trinajstić information content (AvgIpc) is 3.06. The molecule has 3 rings (SSSR count). The Hall–Kier alpha value is -2.63. The van der Waals surface area contributed by atoms with Crippen molar-refractivity contribution in [3.05, 3.63) is 76.9 Å². The number of amides is 1. The van der Waals surface area contributed by atoms with Crippen LogP contribution in [0.15, 0.2) is 65.2 Å². The number of benzene rings is 2. The summed E-state index contributed by atoms with van der Waals surface area (Å²) >= 11 is 5.84. The lowest BCUT2D eigenvalue weighted by molar-refractivity contribution is 0.0226. The highest BCUT2D eigenvalue weighted by molar-refractivity contribution is 6.30. The van der Waals surface area contributed by atoms with E-state index in [-0.39, 0.29) is 12.3 Å². The van der Waals surface area contributed by atoms with Crippen molar-refractivity contribution in [2.45, 2.75) is 6.61 Å². The first-order valence-electron chi connectivity index (χ1n) is 6.91. The van der Waals surface area contributed by atoms with Crippen LogP contribution in [0.2, 0.25) is 5.02 Å². The molecule has 0 fully saturated rings. The number of carbonyl (C=O) groups is 1. The highest BCUT2D eigenvalue weighted by Gasteiger charge is 2.13. The topological polar surface area (TPSA) is 64.4 Å². The first kappa shape index (κ1) is 15.3. The maximum absolute atomic E-state index is 12.0. The molecule has 0 aliphatic rings. The summed E-state index contributed by atoms with van der Waals surface area (Å²) in [5.41, 5.74) is 4.22. The molecule has 6 heteroatoms. The summed E-state index contributed by atoms with van der Waals surface area (Å²) in [6.07, 6.45) is 0. The summed E-state index contributed by atoms with van der Waals surface area (Å²) in [7, 11) is 0. The number of hydroxylamine groups is 1. The first-order valence-corrected chi connectivity index (χ1v) is 7.29. The van der Waals surface area contributed by atoms with Crippen LogP contribution in [0.1, 0.15) is 16.1 Å². The Kier molecular flexibility index (Phi) is 4.71. The Morgan fingerprint density at radius 1 is 1.13 bits per heavy atom. The van der Waals surface area contributed by atoms with E-state index in [1.54, 1.807) is 30.3 Å². The molecule has 0 bridgehead atoms. The van der Waals surface area contributed by atoms with E-state index in [1.807, 2.05) is 30.3 Å². The van der Waals surface area contributed by atoms with E-state index < -0.39 is 5.91 Å². The van der Waals surface area contributed by atoms with Gasteiger partial charge < -0.3 is 4.52 Å². The number of nitrogens with zero attached hydrogens (tertiary/aromatic N) is 1. The summed E-state index contributed by atoms with van der Waals surface area (Å²) in [6, 6.07) is 18.1. The SMILES string of the molecule is O=C(NOCc1ccccc1)c1cc(-c2ccc(Cl)cc2)on1. The molecule has 116 valence electrons. The van der Waals surface area contributed by atoms with Crippen molar-refractivity contribution >= 4 is 17.5 Å². The van der Waals surface area contributed by atoms with E-state index in [4.69, 9.17) is 21.0 Å². The van der Waals surface area contributed by atoms with E-state index in [9.17, 15) is 4.79 Å². The van der Waals surface area contributed by atoms with Gasteiger partial charge in [-0.1, -0.05) is 47.1 Å². The van der Waals surface area contributed by atoms with Gasteiger partial charge in [0.15, 0.2) is 11.5 Å². The molecule has 0 aliphatic carbocycles. The van der Waals surface area contributed by atoms with E-state index in [0.717, 1.165) is 11.1 Å². The molecule has 5 nitrogen and oxygen atoms in total. The summed E-state index contributed by atoms with van der Waals surface area (Å²) in [5, 5.41) is 4.37. The van der Waals surface area contributed by atoms with Crippen molar-refractivity contribution in [2.75, 3.05) is 0 Å². The molecule has 1 heterocycles. The first-order chi connectivity index (χ1) is 11.2. The fraction of sp³-hybridized carbons (Fsp3) is 0.0588. The molecule has 0 saturated carbocycles. The molecule has 1 N–H and O–H groups in total. The second-order valence-electron chi connectivity index (χ2n) is 4.79. The molecule has 3 aromatic rings. The van der Waals surface area contributed by atoms with Crippen molar-refractivity contribution in [3.8, 4) is 11.3 Å². The number of carbonyl (C=O) groups excluding carboxylic acids is 1. The fourth-order valence-electron chi connectivity index (χ4n) is 1.94. The second kappa shape index (κ2) is 7.09. The Morgan fingerprint density at radius 2 is 1.87 bits per heavy atom. The third-order valence-corrected chi connectivity index (χ3v) is 3.37. The van der Waals surface area contributed by atoms with Crippen LogP contribution >= 0.6 is 11.6 Å². The van der Waals surface area contributed by atoms with Crippen LogP contribution < -0.4 is 5.48 Å². The Morgan fingerprint density at radius 3 is 2.61 bits per heavy atom. The zero-order valence-electron chi connectivity index (χ0n) is 12.0. The minimum absolute atomic E-state index is 0.142. The third-order valence-electron chi connectivity index (χ3n) is 3.12. The van der Waals surface area contributed by atoms with Crippen LogP contribution in [0.3, 0.4) is 0 Å². The van der Waals surface area contributed by atoms with Crippen LogP contribution in [-0.4, -0.2) is 11.1 Å². The van der Waals surface area contributed by atoms with Gasteiger partial charge in [0.25, 0.3) is 5.91 Å². The molecule has 0 radical (unpaired) electrons. The van der Waals surface area contributed by atoms with E-state index in [2.05, 4.69) is 10.6 Å². The van der Waals surface area contributed by atoms with Crippen molar-refractivity contribution in [3.63, 3.8) is 0 Å². The van der Waals surface area contributed by atoms with Gasteiger partial charge >= 0.3 is 0 Å². The second-order valence-corrected chi connectivity index (χ2v) is 5.23. The van der Waals surface area contributed by atoms with Crippen LogP contribution in [0, 0.1) is 0 Å². The zero-order valence-corrected chi connectivity index (χ0v) is 12.8. The van der Waals surface area contributed by atoms with Gasteiger partial charge in [0.1, 0.15) is 0 Å². The van der Waals surface area contributed by atoms with Crippen LogP contribution in [0.4, 0.5) is 0 Å². The smallest absolute Gasteiger partial charge is 0.297 e. The average molecular weight is 329 g/mol. The van der Waals surface area contributed by atoms with Crippen molar-refractivity contribution < 1.29 is 14.2 Å². The molecule has 1 amide bonds. The largest absolute Gasteiger partial charge is 0.355 e. The van der Waals surface area contributed by atoms with Gasteiger partial charge in [-0.25, -0.2) is 5.48 Å². The van der Waals surface area contributed by atoms with Crippen molar-refractivity contribution in [1.82, 2.24) is 10.6 Å². The fourth-order valence-corrected chi connectivity index (χ4v) is 2.07. The van der Waals surface area contributed by atoms with E-state index in [0.29, 0.717) is 10.8 Å². The standard InChI is InChI=1S/C17H13ClN2O3/c18-14-8-6-13(7-9-14)16-10-15(19-23-16)17(21)20-22-11-12-4-2-1-3-5-12/h1-10H,11H2,(H,20,21). The van der Waals surface area contributed by atoms with Gasteiger partial charge in [-0.3, -0.25) is 9.63 Å². The van der Waals surface area contributed by atoms with Gasteiger partial charge in [0.2, 0.25) is 0 Å². The normalized spacial score (nSPS) is 10.5. The van der Waals surface area contributed by atoms with Gasteiger partial charge in [-0.2, -0.15) is 0 Å². The molecule has 0 atom stereocenters. The van der Waals surface area contributed by atoms with E-state index in [1.165, 1.54) is 0 Å². The number of rotatable bonds is 5. The Bertz CT molecular complexity index is 785. The lowest BCUT2D eigenvalue weighted by Crippen LogP contribution is -2.23. The predicted molar refractivity (Wildman–Crippen MR) is 85.6 cm³/mol. The summed E-state index contributed by atoms with van der Waals surface area (Å²) in [5.74, 6) is 0.0137. The molecule has 0 spiro atoms. The molecule has 0 aliphatic heterocycles. The molecule has 0 unspecified atom stereocenters. The maximum atomic E-state index is 12.0. The predicted octanol–water partition coefficient (Wildman–Crippen LogP) is 3.86. The Balaban J connectivity index is 1.59. The lowest BCUT2D eigenvalue weighted by Gasteiger charge is -2.03. The van der Waals surface area contributed by atoms with Crippen molar-refractivity contribution in [1.29, 1.82) is 0 Å². The van der Waals surface area contributed by atoms with Crippen LogP contribution in [0.5, 0.6) is 0 Å². The number of hydrogen-bond acceptors (Lipinski definition) is 4. The van der Waals surface area contributed by atoms with Crippen LogP contribution in [-0.2, 0) is 11.4 Å². The number of aromatic nitrogens is 1. The quantitative estimate of drug-likeness (QED) is 0.722. The summed E-state index contributed by atoms with van der Waals surface area (Å²) in [6.45, 7) is 0.272. The van der Waals surface area contributed by atoms with Crippen LogP contribution in [0.25, 0.3) is 11.3 Å². The van der Waals surface area contributed by atoms with Gasteiger partial charge in [-0.15, -0.1) is 0 Å². The zero-order chi connectivity index (χ0) is 16.1. The molecular formula is C17H13ClN2O3. The monoisotopic (exact) mass is 328 g/mol. The summed E-state index contributed by atoms with van der Waals surface area (Å²) in [4.78, 5) is 17.1. The maximum Gasteiger partial charge on any atom is 0.297 e. The molecule has 0 saturated heterocycles. The van der Waals surface area contributed by atoms with Gasteiger partial charge in [-0.05, 0) is 29.8 Å². The number of hydrogen-bond donors (Lipinski definition) is 1. The number of nitrogens with one attached hydrogen (secondary N) is 1. The highest BCUT2D eigenvalue weighted by Crippen LogP contribution is 2.22. The van der Waals surface area contributed by atoms with Crippen molar-refractivity contribution in [2.24, 2.45) is 0 Å². The third kappa shape index (κ3) is 3.97. The summed E-state index contributed by atoms with van der Waals surface area (Å²) < 4.78 is 5.17.